The lowest BCUT2D eigenvalue weighted by Gasteiger charge is -2.35. The summed E-state index contributed by atoms with van der Waals surface area (Å²) in [5, 5.41) is 0. The van der Waals surface area contributed by atoms with Crippen molar-refractivity contribution in [2.45, 2.75) is 91.6 Å². The van der Waals surface area contributed by atoms with Gasteiger partial charge in [0.25, 0.3) is 0 Å². The van der Waals surface area contributed by atoms with Gasteiger partial charge in [-0.3, -0.25) is 4.79 Å². The number of rotatable bonds is 3. The molecule has 1 spiro atoms. The molecule has 1 fully saturated rings. The van der Waals surface area contributed by atoms with Crippen molar-refractivity contribution in [3.8, 4) is 0 Å². The Labute approximate surface area is 165 Å². The fourth-order valence-electron chi connectivity index (χ4n) is 4.98. The fourth-order valence-corrected chi connectivity index (χ4v) is 4.98. The summed E-state index contributed by atoms with van der Waals surface area (Å²) in [7, 11) is 0. The van der Waals surface area contributed by atoms with Gasteiger partial charge in [0.15, 0.2) is 0 Å². The number of fused-ring (bicyclic) bond motifs is 2. The standard InChI is InChI=1S/C25H36O2/c1-18(2)7-5-10-21-13-15-25(16-14-21)22-12-11-19(3)8-6-9-20(4)17-23(22)27-24(25)26/h7-8,13,17,22-23H,5-6,9-12,14-16H2,1-4H3. The minimum absolute atomic E-state index is 0.0241. The van der Waals surface area contributed by atoms with Gasteiger partial charge in [-0.05, 0) is 91.6 Å². The second-order valence-corrected chi connectivity index (χ2v) is 9.16. The molecular formula is C25H36O2. The monoisotopic (exact) mass is 368 g/mol. The van der Waals surface area contributed by atoms with Crippen molar-refractivity contribution >= 4 is 5.97 Å². The van der Waals surface area contributed by atoms with Crippen molar-refractivity contribution in [1.82, 2.24) is 0 Å². The fraction of sp³-hybridized carbons (Fsp3) is 0.640. The minimum Gasteiger partial charge on any atom is -0.457 e. The zero-order valence-corrected chi connectivity index (χ0v) is 17.6. The molecule has 3 aliphatic rings. The molecule has 2 heteroatoms. The molecule has 0 aromatic carbocycles. The maximum Gasteiger partial charge on any atom is 0.313 e. The Morgan fingerprint density at radius 2 is 2.00 bits per heavy atom. The largest absolute Gasteiger partial charge is 0.457 e. The van der Waals surface area contributed by atoms with Crippen molar-refractivity contribution in [2.75, 3.05) is 0 Å². The molecular weight excluding hydrogens is 332 g/mol. The lowest BCUT2D eigenvalue weighted by Crippen LogP contribution is -2.36. The van der Waals surface area contributed by atoms with E-state index in [1.54, 1.807) is 0 Å². The highest BCUT2D eigenvalue weighted by atomic mass is 16.6. The molecule has 27 heavy (non-hydrogen) atoms. The summed E-state index contributed by atoms with van der Waals surface area (Å²) in [6, 6.07) is 0. The van der Waals surface area contributed by atoms with Gasteiger partial charge in [0.1, 0.15) is 6.10 Å². The minimum atomic E-state index is -0.291. The third-order valence-corrected chi connectivity index (χ3v) is 6.75. The lowest BCUT2D eigenvalue weighted by molar-refractivity contribution is -0.148. The molecule has 2 nitrogen and oxygen atoms in total. The van der Waals surface area contributed by atoms with E-state index < -0.39 is 0 Å². The Morgan fingerprint density at radius 1 is 1.19 bits per heavy atom. The average molecular weight is 369 g/mol. The summed E-state index contributed by atoms with van der Waals surface area (Å²) in [4.78, 5) is 13.0. The molecule has 0 N–H and O–H groups in total. The van der Waals surface area contributed by atoms with E-state index in [9.17, 15) is 4.79 Å². The van der Waals surface area contributed by atoms with Gasteiger partial charge in [-0.15, -0.1) is 0 Å². The van der Waals surface area contributed by atoms with E-state index in [-0.39, 0.29) is 17.5 Å². The number of carbonyl (C=O) groups excluding carboxylic acids is 1. The first-order valence-electron chi connectivity index (χ1n) is 10.8. The van der Waals surface area contributed by atoms with E-state index in [0.29, 0.717) is 5.92 Å². The van der Waals surface area contributed by atoms with E-state index in [0.717, 1.165) is 57.8 Å². The van der Waals surface area contributed by atoms with Crippen LogP contribution in [0.5, 0.6) is 0 Å². The Balaban J connectivity index is 1.78. The molecule has 1 saturated heterocycles. The van der Waals surface area contributed by atoms with Crippen LogP contribution in [0.1, 0.15) is 85.5 Å². The first kappa shape index (κ1) is 20.2. The van der Waals surface area contributed by atoms with E-state index >= 15 is 0 Å². The third kappa shape index (κ3) is 4.65. The number of ether oxygens (including phenoxy) is 1. The molecule has 2 aliphatic carbocycles. The van der Waals surface area contributed by atoms with Crippen LogP contribution < -0.4 is 0 Å². The van der Waals surface area contributed by atoms with Crippen LogP contribution >= 0.6 is 0 Å². The van der Waals surface area contributed by atoms with Gasteiger partial charge in [0.05, 0.1) is 5.41 Å². The van der Waals surface area contributed by atoms with Gasteiger partial charge < -0.3 is 4.74 Å². The van der Waals surface area contributed by atoms with E-state index in [1.807, 2.05) is 0 Å². The Bertz CT molecular complexity index is 687. The zero-order chi connectivity index (χ0) is 19.4. The van der Waals surface area contributed by atoms with Crippen LogP contribution in [0.2, 0.25) is 0 Å². The van der Waals surface area contributed by atoms with Gasteiger partial charge >= 0.3 is 5.97 Å². The van der Waals surface area contributed by atoms with Crippen molar-refractivity contribution in [3.63, 3.8) is 0 Å². The van der Waals surface area contributed by atoms with Gasteiger partial charge in [0.2, 0.25) is 0 Å². The second kappa shape index (κ2) is 8.63. The van der Waals surface area contributed by atoms with Crippen LogP contribution in [-0.2, 0) is 9.53 Å². The smallest absolute Gasteiger partial charge is 0.313 e. The highest BCUT2D eigenvalue weighted by Crippen LogP contribution is 2.52. The zero-order valence-electron chi connectivity index (χ0n) is 17.6. The van der Waals surface area contributed by atoms with Gasteiger partial charge in [0, 0.05) is 5.92 Å². The Morgan fingerprint density at radius 3 is 2.70 bits per heavy atom. The van der Waals surface area contributed by atoms with E-state index in [2.05, 4.69) is 52.0 Å². The van der Waals surface area contributed by atoms with Crippen molar-refractivity contribution in [1.29, 1.82) is 0 Å². The molecule has 0 aromatic rings. The van der Waals surface area contributed by atoms with Crippen molar-refractivity contribution in [2.24, 2.45) is 11.3 Å². The highest BCUT2D eigenvalue weighted by molar-refractivity contribution is 5.80. The van der Waals surface area contributed by atoms with Crippen LogP contribution in [0.4, 0.5) is 0 Å². The number of hydrogen-bond acceptors (Lipinski definition) is 2. The summed E-state index contributed by atoms with van der Waals surface area (Å²) >= 11 is 0. The van der Waals surface area contributed by atoms with Gasteiger partial charge in [-0.1, -0.05) is 40.5 Å². The molecule has 0 radical (unpaired) electrons. The molecule has 0 bridgehead atoms. The molecule has 3 atom stereocenters. The maximum absolute atomic E-state index is 13.0. The maximum atomic E-state index is 13.0. The molecule has 3 unspecified atom stereocenters. The van der Waals surface area contributed by atoms with Crippen molar-refractivity contribution in [3.05, 3.63) is 46.6 Å². The molecule has 0 aromatic heterocycles. The first-order valence-corrected chi connectivity index (χ1v) is 10.8. The third-order valence-electron chi connectivity index (χ3n) is 6.75. The topological polar surface area (TPSA) is 26.3 Å². The summed E-state index contributed by atoms with van der Waals surface area (Å²) in [6.45, 7) is 8.74. The average Bonchev–Trinajstić information content (AvgIpc) is 2.85. The number of hydrogen-bond donors (Lipinski definition) is 0. The number of carbonyl (C=O) groups is 1. The normalized spacial score (nSPS) is 31.4. The number of esters is 1. The van der Waals surface area contributed by atoms with Crippen LogP contribution in [-0.4, -0.2) is 12.1 Å². The molecule has 0 saturated carbocycles. The molecule has 1 aliphatic heterocycles. The molecule has 0 amide bonds. The molecule has 148 valence electrons. The van der Waals surface area contributed by atoms with Crippen LogP contribution in [0.25, 0.3) is 0 Å². The summed E-state index contributed by atoms with van der Waals surface area (Å²) in [6.07, 6.45) is 18.7. The van der Waals surface area contributed by atoms with E-state index in [4.69, 9.17) is 4.74 Å². The molecule has 1 heterocycles. The SMILES string of the molecule is CC(C)=CCCC1=CCC2(CC1)C(=O)OC1C=C(C)CCC=C(C)CCC12. The second-order valence-electron chi connectivity index (χ2n) is 9.16. The summed E-state index contributed by atoms with van der Waals surface area (Å²) < 4.78 is 5.97. The van der Waals surface area contributed by atoms with E-state index in [1.165, 1.54) is 22.3 Å². The Hall–Kier alpha value is -1.57. The quantitative estimate of drug-likeness (QED) is 0.403. The van der Waals surface area contributed by atoms with Gasteiger partial charge in [-0.25, -0.2) is 0 Å². The lowest BCUT2D eigenvalue weighted by atomic mass is 9.64. The number of allylic oxidation sites excluding steroid dienone is 7. The first-order chi connectivity index (χ1) is 12.9. The van der Waals surface area contributed by atoms with Crippen LogP contribution in [0, 0.1) is 11.3 Å². The Kier molecular flexibility index (Phi) is 6.44. The summed E-state index contributed by atoms with van der Waals surface area (Å²) in [5.74, 6) is 0.374. The van der Waals surface area contributed by atoms with Crippen LogP contribution in [0.3, 0.4) is 0 Å². The van der Waals surface area contributed by atoms with Crippen LogP contribution in [0.15, 0.2) is 46.6 Å². The predicted molar refractivity (Wildman–Crippen MR) is 112 cm³/mol. The highest BCUT2D eigenvalue weighted by Gasteiger charge is 2.55. The van der Waals surface area contributed by atoms with Gasteiger partial charge in [-0.2, -0.15) is 0 Å². The molecule has 3 rings (SSSR count). The van der Waals surface area contributed by atoms with Crippen molar-refractivity contribution < 1.29 is 9.53 Å². The summed E-state index contributed by atoms with van der Waals surface area (Å²) in [5.41, 5.74) is 5.44. The predicted octanol–water partition coefficient (Wildman–Crippen LogP) is 6.84.